The maximum Gasteiger partial charge on any atom is 0.290 e. The van der Waals surface area contributed by atoms with E-state index < -0.39 is 28.5 Å². The third kappa shape index (κ3) is 6.52. The molecule has 1 nitrogen and oxygen atoms in total. The second kappa shape index (κ2) is 4.68. The van der Waals surface area contributed by atoms with Crippen molar-refractivity contribution in [2.24, 2.45) is 0 Å². The van der Waals surface area contributed by atoms with Crippen LogP contribution in [0.2, 0.25) is 0 Å². The molecule has 0 aromatic heterocycles. The fourth-order valence-corrected chi connectivity index (χ4v) is 2.32. The zero-order valence-corrected chi connectivity index (χ0v) is 10.1. The Bertz CT molecular complexity index is 211. The lowest BCUT2D eigenvalue weighted by molar-refractivity contribution is 0.243. The Kier molecular flexibility index (Phi) is 4.67. The summed E-state index contributed by atoms with van der Waals surface area (Å²) in [6.07, 6.45) is 2.47. The highest BCUT2D eigenvalue weighted by molar-refractivity contribution is 8.46. The first kappa shape index (κ1) is 16.0. The Morgan fingerprint density at radius 2 is 1.44 bits per heavy atom. The standard InChI is InChI=1S/C9H19F5OS/c1-2-3-4-5-6-7-9(8-15)16(10,11,12,13)14/h9,15H,2-8H2,1H3. The van der Waals surface area contributed by atoms with Gasteiger partial charge in [0, 0.05) is 0 Å². The SMILES string of the molecule is CCCCCCCC(CO)S(F)(F)(F)(F)F. The molecule has 0 saturated heterocycles. The maximum absolute atomic E-state index is 12.3. The van der Waals surface area contributed by atoms with E-state index in [9.17, 15) is 19.4 Å². The first-order chi connectivity index (χ1) is 7.01. The molecule has 0 saturated carbocycles. The number of unbranched alkanes of at least 4 members (excludes halogenated alkanes) is 4. The number of halogens is 5. The van der Waals surface area contributed by atoms with Crippen LogP contribution >= 0.6 is 10.2 Å². The molecule has 0 amide bonds. The molecule has 102 valence electrons. The van der Waals surface area contributed by atoms with E-state index in [2.05, 4.69) is 0 Å². The summed E-state index contributed by atoms with van der Waals surface area (Å²) in [5.41, 5.74) is 0. The summed E-state index contributed by atoms with van der Waals surface area (Å²) in [4.78, 5) is 0. The molecule has 0 fully saturated rings. The van der Waals surface area contributed by atoms with Gasteiger partial charge in [-0.3, -0.25) is 0 Å². The normalized spacial score (nSPS) is 18.9. The molecule has 0 spiro atoms. The van der Waals surface area contributed by atoms with E-state index in [1.807, 2.05) is 6.92 Å². The Balaban J connectivity index is 4.14. The van der Waals surface area contributed by atoms with Gasteiger partial charge in [-0.25, -0.2) is 0 Å². The van der Waals surface area contributed by atoms with Gasteiger partial charge in [-0.1, -0.05) is 58.5 Å². The third-order valence-electron chi connectivity index (χ3n) is 2.46. The van der Waals surface area contributed by atoms with Gasteiger partial charge in [0.05, 0.1) is 6.61 Å². The van der Waals surface area contributed by atoms with Crippen LogP contribution in [-0.2, 0) is 0 Å². The van der Waals surface area contributed by atoms with E-state index in [0.29, 0.717) is 6.42 Å². The molecule has 1 unspecified atom stereocenters. The zero-order valence-electron chi connectivity index (χ0n) is 9.27. The molecule has 1 atom stereocenters. The van der Waals surface area contributed by atoms with E-state index in [4.69, 9.17) is 5.11 Å². The second-order valence-electron chi connectivity index (χ2n) is 4.04. The molecule has 16 heavy (non-hydrogen) atoms. The Morgan fingerprint density at radius 3 is 1.81 bits per heavy atom. The monoisotopic (exact) mass is 270 g/mol. The predicted molar refractivity (Wildman–Crippen MR) is 57.4 cm³/mol. The highest BCUT2D eigenvalue weighted by Crippen LogP contribution is 3.00. The molecule has 0 aromatic rings. The Labute approximate surface area is 92.8 Å². The number of hydrogen-bond acceptors (Lipinski definition) is 1. The van der Waals surface area contributed by atoms with E-state index in [0.717, 1.165) is 19.3 Å². The third-order valence-corrected chi connectivity index (χ3v) is 4.11. The molecule has 0 bridgehead atoms. The van der Waals surface area contributed by atoms with Crippen LogP contribution in [0.3, 0.4) is 0 Å². The molecule has 0 aliphatic carbocycles. The van der Waals surface area contributed by atoms with Gasteiger partial charge in [0.1, 0.15) is 5.25 Å². The lowest BCUT2D eigenvalue weighted by atomic mass is 10.1. The van der Waals surface area contributed by atoms with Gasteiger partial charge >= 0.3 is 0 Å². The van der Waals surface area contributed by atoms with Crippen molar-refractivity contribution >= 4 is 10.2 Å². The van der Waals surface area contributed by atoms with Crippen LogP contribution in [0.5, 0.6) is 0 Å². The zero-order chi connectivity index (χ0) is 12.9. The van der Waals surface area contributed by atoms with Crippen molar-refractivity contribution in [1.82, 2.24) is 0 Å². The molecule has 0 aliphatic heterocycles. The summed E-state index contributed by atoms with van der Waals surface area (Å²) in [7, 11) is -9.50. The lowest BCUT2D eigenvalue weighted by Gasteiger charge is -2.46. The molecule has 1 N–H and O–H groups in total. The van der Waals surface area contributed by atoms with Crippen molar-refractivity contribution in [2.45, 2.75) is 50.7 Å². The van der Waals surface area contributed by atoms with Crippen LogP contribution in [0.1, 0.15) is 45.4 Å². The molecular weight excluding hydrogens is 251 g/mol. The van der Waals surface area contributed by atoms with Crippen LogP contribution in [0.4, 0.5) is 19.4 Å². The minimum Gasteiger partial charge on any atom is -0.395 e. The van der Waals surface area contributed by atoms with Gasteiger partial charge in [0.25, 0.3) is 10.2 Å². The van der Waals surface area contributed by atoms with Crippen LogP contribution in [-0.4, -0.2) is 17.0 Å². The van der Waals surface area contributed by atoms with E-state index in [-0.39, 0.29) is 6.42 Å². The fraction of sp³-hybridized carbons (Fsp3) is 1.00. The number of hydrogen-bond donors (Lipinski definition) is 1. The fourth-order valence-electron chi connectivity index (χ4n) is 1.43. The first-order valence-corrected chi connectivity index (χ1v) is 7.36. The smallest absolute Gasteiger partial charge is 0.290 e. The van der Waals surface area contributed by atoms with Gasteiger partial charge in [0.2, 0.25) is 0 Å². The highest BCUT2D eigenvalue weighted by atomic mass is 32.5. The molecule has 0 heterocycles. The summed E-state index contributed by atoms with van der Waals surface area (Å²) in [5, 5.41) is 5.58. The average molecular weight is 270 g/mol. The Morgan fingerprint density at radius 1 is 0.938 bits per heavy atom. The molecule has 7 heteroatoms. The first-order valence-electron chi connectivity index (χ1n) is 5.35. The summed E-state index contributed by atoms with van der Waals surface area (Å²) in [6.45, 7) is 0.428. The van der Waals surface area contributed by atoms with Gasteiger partial charge in [0.15, 0.2) is 0 Å². The minimum atomic E-state index is -9.50. The van der Waals surface area contributed by atoms with Gasteiger partial charge in [-0.05, 0) is 6.42 Å². The maximum atomic E-state index is 12.3. The van der Waals surface area contributed by atoms with Crippen molar-refractivity contribution in [3.8, 4) is 0 Å². The van der Waals surface area contributed by atoms with Crippen molar-refractivity contribution in [1.29, 1.82) is 0 Å². The molecule has 0 radical (unpaired) electrons. The summed E-state index contributed by atoms with van der Waals surface area (Å²) >= 11 is 0. The second-order valence-corrected chi connectivity index (χ2v) is 6.76. The number of rotatable bonds is 8. The average Bonchev–Trinajstić information content (AvgIpc) is 2.06. The number of aliphatic hydroxyl groups excluding tert-OH is 1. The quantitative estimate of drug-likeness (QED) is 0.485. The van der Waals surface area contributed by atoms with E-state index in [1.165, 1.54) is 0 Å². The van der Waals surface area contributed by atoms with E-state index in [1.54, 1.807) is 0 Å². The largest absolute Gasteiger partial charge is 0.395 e. The summed E-state index contributed by atoms with van der Waals surface area (Å²) < 4.78 is 61.5. The minimum absolute atomic E-state index is 0.0802. The Hall–Kier alpha value is -0.0400. The van der Waals surface area contributed by atoms with E-state index >= 15 is 0 Å². The van der Waals surface area contributed by atoms with Crippen LogP contribution in [0.25, 0.3) is 0 Å². The molecule has 0 aromatic carbocycles. The van der Waals surface area contributed by atoms with Gasteiger partial charge < -0.3 is 5.11 Å². The molecule has 0 rings (SSSR count). The molecule has 0 aliphatic rings. The van der Waals surface area contributed by atoms with Crippen LogP contribution in [0.15, 0.2) is 0 Å². The van der Waals surface area contributed by atoms with Crippen molar-refractivity contribution in [2.75, 3.05) is 6.61 Å². The van der Waals surface area contributed by atoms with Crippen molar-refractivity contribution in [3.05, 3.63) is 0 Å². The summed E-state index contributed by atoms with van der Waals surface area (Å²) in [6, 6.07) is 0. The van der Waals surface area contributed by atoms with Crippen LogP contribution < -0.4 is 0 Å². The lowest BCUT2D eigenvalue weighted by Crippen LogP contribution is -2.28. The van der Waals surface area contributed by atoms with Gasteiger partial charge in [-0.15, -0.1) is 0 Å². The summed E-state index contributed by atoms with van der Waals surface area (Å²) in [5.74, 6) is 0. The van der Waals surface area contributed by atoms with Crippen LogP contribution in [0, 0.1) is 0 Å². The highest BCUT2D eigenvalue weighted by Gasteiger charge is 2.69. The van der Waals surface area contributed by atoms with Crippen molar-refractivity contribution in [3.63, 3.8) is 0 Å². The number of aliphatic hydroxyl groups is 1. The predicted octanol–water partition coefficient (Wildman–Crippen LogP) is 5.01. The van der Waals surface area contributed by atoms with Crippen molar-refractivity contribution < 1.29 is 24.5 Å². The van der Waals surface area contributed by atoms with Gasteiger partial charge in [-0.2, -0.15) is 0 Å². The topological polar surface area (TPSA) is 20.2 Å². The molecular formula is C9H19F5OS.